The van der Waals surface area contributed by atoms with E-state index < -0.39 is 27.2 Å². The average molecular weight is 236 g/mol. The van der Waals surface area contributed by atoms with Crippen LogP contribution in [-0.4, -0.2) is 25.6 Å². The van der Waals surface area contributed by atoms with Crippen molar-refractivity contribution in [2.24, 2.45) is 11.7 Å². The number of rotatable bonds is 5. The highest BCUT2D eigenvalue weighted by atomic mass is 32.2. The summed E-state index contributed by atoms with van der Waals surface area (Å²) in [5.74, 6) is -0.662. The Labute approximate surface area is 91.5 Å². The summed E-state index contributed by atoms with van der Waals surface area (Å²) in [6, 6.07) is -0.775. The summed E-state index contributed by atoms with van der Waals surface area (Å²) in [4.78, 5) is 11.4. The smallest absolute Gasteiger partial charge is 0.250 e. The zero-order valence-electron chi connectivity index (χ0n) is 9.65. The lowest BCUT2D eigenvalue weighted by Crippen LogP contribution is -2.48. The predicted octanol–water partition coefficient (Wildman–Crippen LogP) is 0.214. The van der Waals surface area contributed by atoms with Gasteiger partial charge < -0.3 is 5.73 Å². The van der Waals surface area contributed by atoms with Gasteiger partial charge in [0.2, 0.25) is 10.0 Å². The van der Waals surface area contributed by atoms with E-state index in [9.17, 15) is 13.2 Å². The van der Waals surface area contributed by atoms with E-state index in [1.54, 1.807) is 0 Å². The molecule has 0 radical (unpaired) electrons. The van der Waals surface area contributed by atoms with Crippen molar-refractivity contribution in [2.45, 2.75) is 45.4 Å². The summed E-state index contributed by atoms with van der Waals surface area (Å²) in [6.45, 7) is 6.72. The Morgan fingerprint density at radius 2 is 1.80 bits per heavy atom. The van der Waals surface area contributed by atoms with Crippen molar-refractivity contribution in [2.75, 3.05) is 0 Å². The van der Waals surface area contributed by atoms with Crippen molar-refractivity contribution in [3.8, 4) is 0 Å². The van der Waals surface area contributed by atoms with Crippen LogP contribution in [0.3, 0.4) is 0 Å². The maximum absolute atomic E-state index is 11.4. The lowest BCUT2D eigenvalue weighted by Gasteiger charge is -2.18. The number of sulfonamides is 1. The molecule has 0 heterocycles. The highest BCUT2D eigenvalue weighted by Crippen LogP contribution is 2.06. The number of carbonyl (C=O) groups excluding carboxylic acids is 1. The van der Waals surface area contributed by atoms with Gasteiger partial charge in [0, 0.05) is 0 Å². The van der Waals surface area contributed by atoms with Gasteiger partial charge in [-0.15, -0.1) is 0 Å². The summed E-state index contributed by atoms with van der Waals surface area (Å²) < 4.78 is 24.7. The minimum atomic E-state index is -3.56. The molecule has 0 aromatic heterocycles. The van der Waals surface area contributed by atoms with Gasteiger partial charge in [-0.05, 0) is 19.8 Å². The topological polar surface area (TPSA) is 89.3 Å². The van der Waals surface area contributed by atoms with Crippen LogP contribution in [0, 0.1) is 5.92 Å². The summed E-state index contributed by atoms with van der Waals surface area (Å²) >= 11 is 0. The van der Waals surface area contributed by atoms with Gasteiger partial charge in [-0.1, -0.05) is 20.3 Å². The highest BCUT2D eigenvalue weighted by molar-refractivity contribution is 7.90. The van der Waals surface area contributed by atoms with Gasteiger partial charge in [-0.2, -0.15) is 0 Å². The van der Waals surface area contributed by atoms with E-state index in [4.69, 9.17) is 5.73 Å². The largest absolute Gasteiger partial charge is 0.320 e. The maximum atomic E-state index is 11.4. The van der Waals surface area contributed by atoms with Crippen molar-refractivity contribution in [3.63, 3.8) is 0 Å². The predicted molar refractivity (Wildman–Crippen MR) is 59.6 cm³/mol. The Kier molecular flexibility index (Phi) is 5.23. The Bertz CT molecular complexity index is 311. The third kappa shape index (κ3) is 4.17. The molecular weight excluding hydrogens is 216 g/mol. The van der Waals surface area contributed by atoms with Crippen LogP contribution in [0.1, 0.15) is 34.1 Å². The first-order valence-corrected chi connectivity index (χ1v) is 6.58. The molecule has 2 unspecified atom stereocenters. The van der Waals surface area contributed by atoms with Gasteiger partial charge in [0.25, 0.3) is 5.91 Å². The molecule has 0 aliphatic rings. The average Bonchev–Trinajstić information content (AvgIpc) is 2.14. The monoisotopic (exact) mass is 236 g/mol. The van der Waals surface area contributed by atoms with Gasteiger partial charge in [-0.3, -0.25) is 9.52 Å². The molecule has 2 atom stereocenters. The third-order valence-corrected chi connectivity index (χ3v) is 4.15. The lowest BCUT2D eigenvalue weighted by atomic mass is 10.00. The fourth-order valence-corrected chi connectivity index (χ4v) is 1.49. The Hall–Kier alpha value is -0.620. The Balaban J connectivity index is 4.51. The van der Waals surface area contributed by atoms with Gasteiger partial charge >= 0.3 is 0 Å². The summed E-state index contributed by atoms with van der Waals surface area (Å²) in [7, 11) is -3.56. The van der Waals surface area contributed by atoms with E-state index in [-0.39, 0.29) is 5.92 Å². The van der Waals surface area contributed by atoms with E-state index >= 15 is 0 Å². The lowest BCUT2D eigenvalue weighted by molar-refractivity contribution is -0.121. The van der Waals surface area contributed by atoms with Crippen LogP contribution in [-0.2, 0) is 14.8 Å². The van der Waals surface area contributed by atoms with Crippen LogP contribution in [0.25, 0.3) is 0 Å². The Morgan fingerprint density at radius 3 is 2.13 bits per heavy atom. The maximum Gasteiger partial charge on any atom is 0.250 e. The fourth-order valence-electron chi connectivity index (χ4n) is 0.838. The Morgan fingerprint density at radius 1 is 1.33 bits per heavy atom. The zero-order chi connectivity index (χ0) is 12.2. The zero-order valence-corrected chi connectivity index (χ0v) is 10.5. The molecule has 3 N–H and O–H groups in total. The number of carbonyl (C=O) groups is 1. The van der Waals surface area contributed by atoms with Crippen molar-refractivity contribution >= 4 is 15.9 Å². The first kappa shape index (κ1) is 14.4. The number of hydrogen-bond donors (Lipinski definition) is 2. The van der Waals surface area contributed by atoms with Crippen molar-refractivity contribution in [1.82, 2.24) is 4.72 Å². The van der Waals surface area contributed by atoms with Crippen molar-refractivity contribution in [3.05, 3.63) is 0 Å². The summed E-state index contributed by atoms with van der Waals surface area (Å²) in [5, 5.41) is -0.634. The molecule has 0 fully saturated rings. The third-order valence-electron chi connectivity index (χ3n) is 2.42. The standard InChI is InChI=1S/C9H20N2O3S/c1-5-7(4)8(10)9(12)11-15(13,14)6(2)3/h6-8H,5,10H2,1-4H3,(H,11,12). The molecule has 5 nitrogen and oxygen atoms in total. The van der Waals surface area contributed by atoms with Crippen molar-refractivity contribution < 1.29 is 13.2 Å². The molecule has 0 aromatic rings. The van der Waals surface area contributed by atoms with E-state index in [0.717, 1.165) is 6.42 Å². The van der Waals surface area contributed by atoms with Crippen molar-refractivity contribution in [1.29, 1.82) is 0 Å². The van der Waals surface area contributed by atoms with Gasteiger partial charge in [0.15, 0.2) is 0 Å². The second-order valence-corrected chi connectivity index (χ2v) is 6.21. The number of nitrogens with one attached hydrogen (secondary N) is 1. The fraction of sp³-hybridized carbons (Fsp3) is 0.889. The van der Waals surface area contributed by atoms with E-state index in [1.807, 2.05) is 18.6 Å². The summed E-state index contributed by atoms with van der Waals surface area (Å²) in [6.07, 6.45) is 0.732. The van der Waals surface area contributed by atoms with Crippen LogP contribution in [0.2, 0.25) is 0 Å². The minimum absolute atomic E-state index is 0.0348. The molecule has 90 valence electrons. The quantitative estimate of drug-likeness (QED) is 0.714. The molecule has 15 heavy (non-hydrogen) atoms. The van der Waals surface area contributed by atoms with Crippen LogP contribution >= 0.6 is 0 Å². The normalized spacial score (nSPS) is 16.1. The number of amides is 1. The van der Waals surface area contributed by atoms with Crippen LogP contribution < -0.4 is 10.5 Å². The molecule has 0 spiro atoms. The molecule has 0 saturated carbocycles. The molecule has 0 saturated heterocycles. The molecule has 1 amide bonds. The molecule has 0 aliphatic heterocycles. The molecule has 0 bridgehead atoms. The highest BCUT2D eigenvalue weighted by Gasteiger charge is 2.25. The minimum Gasteiger partial charge on any atom is -0.320 e. The SMILES string of the molecule is CCC(C)C(N)C(=O)NS(=O)(=O)C(C)C. The second-order valence-electron chi connectivity index (χ2n) is 3.97. The number of hydrogen-bond acceptors (Lipinski definition) is 4. The second kappa shape index (κ2) is 5.46. The van der Waals surface area contributed by atoms with E-state index in [0.29, 0.717) is 0 Å². The van der Waals surface area contributed by atoms with Crippen LogP contribution in [0.5, 0.6) is 0 Å². The molecular formula is C9H20N2O3S. The van der Waals surface area contributed by atoms with E-state index in [2.05, 4.69) is 0 Å². The first-order chi connectivity index (χ1) is 6.72. The summed E-state index contributed by atoms with van der Waals surface area (Å²) in [5.41, 5.74) is 5.60. The van der Waals surface area contributed by atoms with Crippen LogP contribution in [0.4, 0.5) is 0 Å². The molecule has 0 rings (SSSR count). The molecule has 0 aliphatic carbocycles. The van der Waals surface area contributed by atoms with Crippen LogP contribution in [0.15, 0.2) is 0 Å². The number of nitrogens with two attached hydrogens (primary N) is 1. The first-order valence-electron chi connectivity index (χ1n) is 5.03. The van der Waals surface area contributed by atoms with Gasteiger partial charge in [-0.25, -0.2) is 8.42 Å². The van der Waals surface area contributed by atoms with Gasteiger partial charge in [0.05, 0.1) is 11.3 Å². The van der Waals surface area contributed by atoms with E-state index in [1.165, 1.54) is 13.8 Å². The van der Waals surface area contributed by atoms with Gasteiger partial charge in [0.1, 0.15) is 0 Å². The molecule has 0 aromatic carbocycles. The molecule has 6 heteroatoms.